The van der Waals surface area contributed by atoms with Gasteiger partial charge in [0.05, 0.1) is 5.52 Å². The first kappa shape index (κ1) is 18.9. The number of hydrogen-bond acceptors (Lipinski definition) is 7. The Morgan fingerprint density at radius 3 is 2.65 bits per heavy atom. The summed E-state index contributed by atoms with van der Waals surface area (Å²) in [5.41, 5.74) is 7.72. The summed E-state index contributed by atoms with van der Waals surface area (Å²) in [7, 11) is 0. The second kappa shape index (κ2) is 7.98. The van der Waals surface area contributed by atoms with Crippen LogP contribution in [0.2, 0.25) is 0 Å². The third kappa shape index (κ3) is 4.00. The minimum atomic E-state index is -0.573. The van der Waals surface area contributed by atoms with Gasteiger partial charge in [-0.1, -0.05) is 18.2 Å². The fraction of sp³-hybridized carbons (Fsp3) is 0.174. The van der Waals surface area contributed by atoms with E-state index in [9.17, 15) is 4.79 Å². The number of aromatic nitrogens is 4. The summed E-state index contributed by atoms with van der Waals surface area (Å²) in [6, 6.07) is 15.7. The summed E-state index contributed by atoms with van der Waals surface area (Å²) < 4.78 is 6.10. The number of hydrogen-bond donors (Lipinski definition) is 2. The highest BCUT2D eigenvalue weighted by Crippen LogP contribution is 2.32. The van der Waals surface area contributed by atoms with Crippen molar-refractivity contribution in [2.75, 3.05) is 5.32 Å². The van der Waals surface area contributed by atoms with Gasteiger partial charge in [0.2, 0.25) is 5.88 Å². The highest BCUT2D eigenvalue weighted by molar-refractivity contribution is 5.91. The van der Waals surface area contributed by atoms with Crippen LogP contribution in [0.15, 0.2) is 67.1 Å². The van der Waals surface area contributed by atoms with Crippen molar-refractivity contribution >= 4 is 22.6 Å². The van der Waals surface area contributed by atoms with Crippen LogP contribution in [0, 0.1) is 0 Å². The van der Waals surface area contributed by atoms with E-state index >= 15 is 0 Å². The number of carbonyl (C=O) groups is 1. The van der Waals surface area contributed by atoms with Gasteiger partial charge in [-0.05, 0) is 30.3 Å². The summed E-state index contributed by atoms with van der Waals surface area (Å²) in [5, 5.41) is 4.59. The number of pyridine rings is 2. The van der Waals surface area contributed by atoms with Crippen molar-refractivity contribution in [1.82, 2.24) is 19.9 Å². The fourth-order valence-electron chi connectivity index (χ4n) is 3.58. The first-order valence-electron chi connectivity index (χ1n) is 10.0. The maximum Gasteiger partial charge on any atom is 0.267 e. The van der Waals surface area contributed by atoms with Crippen LogP contribution in [0.1, 0.15) is 23.3 Å². The van der Waals surface area contributed by atoms with Crippen molar-refractivity contribution in [3.63, 3.8) is 0 Å². The van der Waals surface area contributed by atoms with E-state index in [-0.39, 0.29) is 17.8 Å². The van der Waals surface area contributed by atoms with Gasteiger partial charge in [-0.15, -0.1) is 0 Å². The molecule has 0 spiro atoms. The number of para-hydroxylation sites is 1. The molecule has 0 atom stereocenters. The zero-order valence-electron chi connectivity index (χ0n) is 16.6. The molecule has 1 aliphatic rings. The summed E-state index contributed by atoms with van der Waals surface area (Å²) in [6.45, 7) is 0. The molecule has 3 heterocycles. The maximum atomic E-state index is 11.2. The molecule has 0 saturated heterocycles. The molecule has 31 heavy (non-hydrogen) atoms. The molecule has 1 aliphatic carbocycles. The number of anilines is 1. The molecule has 3 N–H and O–H groups in total. The topological polar surface area (TPSA) is 116 Å². The molecule has 3 aromatic heterocycles. The number of rotatable bonds is 6. The lowest BCUT2D eigenvalue weighted by molar-refractivity contribution is 0.0995. The molecular weight excluding hydrogens is 392 g/mol. The van der Waals surface area contributed by atoms with Gasteiger partial charge < -0.3 is 15.8 Å². The van der Waals surface area contributed by atoms with Crippen LogP contribution < -0.4 is 15.8 Å². The third-order valence-electron chi connectivity index (χ3n) is 5.28. The Labute approximate surface area is 178 Å². The zero-order chi connectivity index (χ0) is 21.2. The molecule has 1 saturated carbocycles. The van der Waals surface area contributed by atoms with Crippen molar-refractivity contribution in [3.05, 3.63) is 72.8 Å². The first-order valence-corrected chi connectivity index (χ1v) is 10.0. The second-order valence-corrected chi connectivity index (χ2v) is 7.45. The molecule has 8 nitrogen and oxygen atoms in total. The smallest absolute Gasteiger partial charge is 0.267 e. The number of nitrogens with two attached hydrogens (primary N) is 1. The fourth-order valence-corrected chi connectivity index (χ4v) is 3.58. The number of amides is 1. The van der Waals surface area contributed by atoms with Crippen LogP contribution in [0.5, 0.6) is 5.88 Å². The van der Waals surface area contributed by atoms with Gasteiger partial charge in [0, 0.05) is 48.4 Å². The molecule has 0 unspecified atom stereocenters. The normalized spacial score (nSPS) is 17.7. The Morgan fingerprint density at radius 2 is 1.84 bits per heavy atom. The molecule has 1 fully saturated rings. The highest BCUT2D eigenvalue weighted by Gasteiger charge is 2.32. The minimum Gasteiger partial charge on any atom is -0.473 e. The van der Waals surface area contributed by atoms with Crippen LogP contribution in [0.3, 0.4) is 0 Å². The van der Waals surface area contributed by atoms with Crippen LogP contribution in [0.25, 0.3) is 22.2 Å². The lowest BCUT2D eigenvalue weighted by Crippen LogP contribution is -2.42. The number of nitrogens with zero attached hydrogens (tertiary/aromatic N) is 4. The number of carbonyl (C=O) groups excluding carboxylic acids is 1. The number of fused-ring (bicyclic) bond motifs is 1. The van der Waals surface area contributed by atoms with Crippen molar-refractivity contribution in [3.8, 4) is 17.1 Å². The number of nitrogens with one attached hydrogen (secondary N) is 1. The largest absolute Gasteiger partial charge is 0.473 e. The quantitative estimate of drug-likeness (QED) is 0.499. The third-order valence-corrected chi connectivity index (χ3v) is 5.28. The van der Waals surface area contributed by atoms with E-state index in [1.165, 1.54) is 0 Å². The van der Waals surface area contributed by atoms with Gasteiger partial charge >= 0.3 is 0 Å². The Morgan fingerprint density at radius 1 is 1.00 bits per heavy atom. The first-order chi connectivity index (χ1) is 15.2. The van der Waals surface area contributed by atoms with E-state index in [2.05, 4.69) is 37.4 Å². The summed E-state index contributed by atoms with van der Waals surface area (Å²) >= 11 is 0. The van der Waals surface area contributed by atoms with Crippen molar-refractivity contribution in [2.24, 2.45) is 5.73 Å². The van der Waals surface area contributed by atoms with Crippen LogP contribution in [-0.4, -0.2) is 38.0 Å². The lowest BCUT2D eigenvalue weighted by atomic mass is 9.89. The lowest BCUT2D eigenvalue weighted by Gasteiger charge is -2.36. The summed E-state index contributed by atoms with van der Waals surface area (Å²) in [4.78, 5) is 28.7. The van der Waals surface area contributed by atoms with Gasteiger partial charge in [0.25, 0.3) is 5.91 Å². The molecule has 0 aliphatic heterocycles. The SMILES string of the molecule is NC(=O)c1ccc(-c2nccnc2O[C@H]2C[C@H](Nc3ccc4ccccc4n3)C2)cn1. The number of ether oxygens (including phenoxy) is 1. The van der Waals surface area contributed by atoms with Gasteiger partial charge in [-0.2, -0.15) is 0 Å². The molecule has 4 aromatic rings. The van der Waals surface area contributed by atoms with Crippen molar-refractivity contribution < 1.29 is 9.53 Å². The molecule has 0 bridgehead atoms. The van der Waals surface area contributed by atoms with E-state index in [0.717, 1.165) is 29.6 Å². The van der Waals surface area contributed by atoms with Gasteiger partial charge in [0.15, 0.2) is 0 Å². The van der Waals surface area contributed by atoms with Crippen molar-refractivity contribution in [1.29, 1.82) is 0 Å². The van der Waals surface area contributed by atoms with Crippen molar-refractivity contribution in [2.45, 2.75) is 25.0 Å². The molecule has 1 aromatic carbocycles. The highest BCUT2D eigenvalue weighted by atomic mass is 16.5. The molecule has 8 heteroatoms. The van der Waals surface area contributed by atoms with Gasteiger partial charge in [0.1, 0.15) is 23.3 Å². The Hall–Kier alpha value is -4.07. The van der Waals surface area contributed by atoms with E-state index in [1.54, 1.807) is 30.7 Å². The van der Waals surface area contributed by atoms with Crippen LogP contribution in [0.4, 0.5) is 5.82 Å². The average molecular weight is 412 g/mol. The Bertz CT molecular complexity index is 1240. The maximum absolute atomic E-state index is 11.2. The Balaban J connectivity index is 1.23. The minimum absolute atomic E-state index is 0.0336. The van der Waals surface area contributed by atoms with Crippen LogP contribution >= 0.6 is 0 Å². The predicted octanol–water partition coefficient (Wildman–Crippen LogP) is 3.21. The number of primary amides is 1. The monoisotopic (exact) mass is 412 g/mol. The standard InChI is InChI=1S/C23H20N6O2/c24-22(30)19-7-5-15(13-27-19)21-23(26-10-9-25-21)31-17-11-16(12-17)28-20-8-6-14-3-1-2-4-18(14)29-20/h1-10,13,16-17H,11-12H2,(H2,24,30)(H,28,29)/t16-,17-. The van der Waals surface area contributed by atoms with E-state index < -0.39 is 5.91 Å². The van der Waals surface area contributed by atoms with E-state index in [0.29, 0.717) is 17.1 Å². The molecule has 5 rings (SSSR count). The molecular formula is C23H20N6O2. The molecule has 1 amide bonds. The van der Waals surface area contributed by atoms with E-state index in [1.807, 2.05) is 24.3 Å². The summed E-state index contributed by atoms with van der Waals surface area (Å²) in [6.07, 6.45) is 6.45. The Kier molecular flexibility index (Phi) is 4.87. The zero-order valence-corrected chi connectivity index (χ0v) is 16.6. The van der Waals surface area contributed by atoms with Crippen LogP contribution in [-0.2, 0) is 0 Å². The summed E-state index contributed by atoms with van der Waals surface area (Å²) in [5.74, 6) is 0.738. The second-order valence-electron chi connectivity index (χ2n) is 7.45. The molecule has 0 radical (unpaired) electrons. The van der Waals surface area contributed by atoms with E-state index in [4.69, 9.17) is 10.5 Å². The molecule has 154 valence electrons. The number of benzene rings is 1. The van der Waals surface area contributed by atoms with Gasteiger partial charge in [-0.3, -0.25) is 9.78 Å². The van der Waals surface area contributed by atoms with Gasteiger partial charge in [-0.25, -0.2) is 15.0 Å². The average Bonchev–Trinajstić information content (AvgIpc) is 2.78. The predicted molar refractivity (Wildman–Crippen MR) is 117 cm³/mol.